The Balaban J connectivity index is 0.00000128. The van der Waals surface area contributed by atoms with Gasteiger partial charge in [0.2, 0.25) is 0 Å². The minimum absolute atomic E-state index is 0. The van der Waals surface area contributed by atoms with E-state index in [1.165, 1.54) is 6.20 Å². The highest BCUT2D eigenvalue weighted by Gasteiger charge is 2.14. The third kappa shape index (κ3) is 3.09. The van der Waals surface area contributed by atoms with Crippen LogP contribution in [0.25, 0.3) is 0 Å². The van der Waals surface area contributed by atoms with Crippen molar-refractivity contribution in [1.82, 2.24) is 10.3 Å². The Morgan fingerprint density at radius 3 is 2.44 bits per heavy atom. The predicted octanol–water partition coefficient (Wildman–Crippen LogP) is -1.41. The molecule has 5 nitrogen and oxygen atoms in total. The minimum Gasteiger partial charge on any atom is -0.423 e. The van der Waals surface area contributed by atoms with Gasteiger partial charge >= 0.3 is 7.12 Å². The van der Waals surface area contributed by atoms with E-state index in [4.69, 9.17) is 10.0 Å². The van der Waals surface area contributed by atoms with E-state index in [0.717, 1.165) is 32.0 Å². The topological polar surface area (TPSA) is 68.6 Å². The number of halogens is 1. The summed E-state index contributed by atoms with van der Waals surface area (Å²) in [5.41, 5.74) is 0.425. The summed E-state index contributed by atoms with van der Waals surface area (Å²) in [4.78, 5) is 6.37. The fraction of sp³-hybridized carbons (Fsp3) is 0.444. The summed E-state index contributed by atoms with van der Waals surface area (Å²) in [5, 5.41) is 21.1. The van der Waals surface area contributed by atoms with Crippen molar-refractivity contribution < 1.29 is 10.0 Å². The lowest BCUT2D eigenvalue weighted by molar-refractivity contribution is 0.425. The lowest BCUT2D eigenvalue weighted by Gasteiger charge is -2.28. The molecule has 7 heteroatoms. The maximum absolute atomic E-state index is 8.92. The molecule has 0 aromatic carbocycles. The highest BCUT2D eigenvalue weighted by molar-refractivity contribution is 6.58. The molecule has 1 aromatic rings. The van der Waals surface area contributed by atoms with Crippen molar-refractivity contribution in [1.29, 1.82) is 0 Å². The zero-order valence-electron chi connectivity index (χ0n) is 8.83. The van der Waals surface area contributed by atoms with Crippen LogP contribution in [0.2, 0.25) is 0 Å². The molecular formula is C9H15BClN3O2. The SMILES string of the molecule is Cl.OB(O)c1ccc(N2CCNCC2)nc1. The second-order valence-corrected chi connectivity index (χ2v) is 3.56. The van der Waals surface area contributed by atoms with Gasteiger partial charge in [0.25, 0.3) is 0 Å². The number of aromatic nitrogens is 1. The second-order valence-electron chi connectivity index (χ2n) is 3.56. The fourth-order valence-corrected chi connectivity index (χ4v) is 1.63. The van der Waals surface area contributed by atoms with E-state index in [1.807, 2.05) is 6.07 Å². The number of hydrogen-bond acceptors (Lipinski definition) is 5. The first kappa shape index (κ1) is 13.3. The maximum atomic E-state index is 8.92. The van der Waals surface area contributed by atoms with Gasteiger partial charge < -0.3 is 20.3 Å². The highest BCUT2D eigenvalue weighted by Crippen LogP contribution is 2.08. The molecule has 0 saturated carbocycles. The van der Waals surface area contributed by atoms with Gasteiger partial charge in [0.05, 0.1) is 0 Å². The molecule has 0 amide bonds. The van der Waals surface area contributed by atoms with Crippen molar-refractivity contribution in [2.45, 2.75) is 0 Å². The smallest absolute Gasteiger partial charge is 0.423 e. The van der Waals surface area contributed by atoms with Gasteiger partial charge in [-0.25, -0.2) is 4.98 Å². The van der Waals surface area contributed by atoms with Crippen LogP contribution in [0.1, 0.15) is 0 Å². The van der Waals surface area contributed by atoms with Gasteiger partial charge in [0.1, 0.15) is 5.82 Å². The molecule has 88 valence electrons. The minimum atomic E-state index is -1.44. The quantitative estimate of drug-likeness (QED) is 0.557. The van der Waals surface area contributed by atoms with Gasteiger partial charge in [-0.3, -0.25) is 0 Å². The number of nitrogens with one attached hydrogen (secondary N) is 1. The monoisotopic (exact) mass is 243 g/mol. The van der Waals surface area contributed by atoms with Crippen LogP contribution < -0.4 is 15.7 Å². The average molecular weight is 244 g/mol. The van der Waals surface area contributed by atoms with Crippen LogP contribution in [0.4, 0.5) is 5.82 Å². The van der Waals surface area contributed by atoms with E-state index in [-0.39, 0.29) is 12.4 Å². The number of hydrogen-bond donors (Lipinski definition) is 3. The molecule has 0 atom stereocenters. The first-order chi connectivity index (χ1) is 7.27. The van der Waals surface area contributed by atoms with Crippen LogP contribution in [-0.4, -0.2) is 48.3 Å². The summed E-state index contributed by atoms with van der Waals surface area (Å²) in [6, 6.07) is 3.51. The van der Waals surface area contributed by atoms with E-state index in [2.05, 4.69) is 15.2 Å². The fourth-order valence-electron chi connectivity index (χ4n) is 1.63. The van der Waals surface area contributed by atoms with Crippen LogP contribution in [0.3, 0.4) is 0 Å². The molecule has 1 aliphatic rings. The summed E-state index contributed by atoms with van der Waals surface area (Å²) in [5.74, 6) is 0.890. The Morgan fingerprint density at radius 2 is 1.94 bits per heavy atom. The third-order valence-corrected chi connectivity index (χ3v) is 2.51. The van der Waals surface area contributed by atoms with Crippen LogP contribution in [-0.2, 0) is 0 Å². The zero-order valence-corrected chi connectivity index (χ0v) is 9.65. The van der Waals surface area contributed by atoms with E-state index in [0.29, 0.717) is 5.46 Å². The standard InChI is InChI=1S/C9H14BN3O2.ClH/c14-10(15)8-1-2-9(12-7-8)13-5-3-11-4-6-13;/h1-2,7,11,14-15H,3-6H2;1H. The van der Waals surface area contributed by atoms with Gasteiger partial charge in [-0.1, -0.05) is 6.07 Å². The molecule has 0 aliphatic carbocycles. The Kier molecular flexibility index (Phi) is 5.01. The van der Waals surface area contributed by atoms with Crippen molar-refractivity contribution in [2.75, 3.05) is 31.1 Å². The molecule has 16 heavy (non-hydrogen) atoms. The number of nitrogens with zero attached hydrogens (tertiary/aromatic N) is 2. The van der Waals surface area contributed by atoms with E-state index in [1.54, 1.807) is 6.07 Å². The van der Waals surface area contributed by atoms with Crippen molar-refractivity contribution in [3.63, 3.8) is 0 Å². The van der Waals surface area contributed by atoms with Crippen LogP contribution in [0, 0.1) is 0 Å². The normalized spacial score (nSPS) is 15.5. The van der Waals surface area contributed by atoms with E-state index < -0.39 is 7.12 Å². The molecule has 0 radical (unpaired) electrons. The molecular weight excluding hydrogens is 228 g/mol. The van der Waals surface area contributed by atoms with Crippen LogP contribution in [0.15, 0.2) is 18.3 Å². The molecule has 0 bridgehead atoms. The molecule has 0 spiro atoms. The second kappa shape index (κ2) is 6.05. The molecule has 0 unspecified atom stereocenters. The molecule has 1 fully saturated rings. The Labute approximate surface area is 101 Å². The Hall–Kier alpha value is -0.815. The summed E-state index contributed by atoms with van der Waals surface area (Å²) in [6.07, 6.45) is 1.50. The lowest BCUT2D eigenvalue weighted by Crippen LogP contribution is -2.44. The van der Waals surface area contributed by atoms with Crippen molar-refractivity contribution in [2.24, 2.45) is 0 Å². The Morgan fingerprint density at radius 1 is 1.25 bits per heavy atom. The zero-order chi connectivity index (χ0) is 10.7. The van der Waals surface area contributed by atoms with Crippen LogP contribution in [0.5, 0.6) is 0 Å². The summed E-state index contributed by atoms with van der Waals surface area (Å²) >= 11 is 0. The molecule has 1 aromatic heterocycles. The molecule has 1 aliphatic heterocycles. The average Bonchev–Trinajstić information content (AvgIpc) is 2.30. The van der Waals surface area contributed by atoms with Gasteiger partial charge in [-0.15, -0.1) is 12.4 Å². The summed E-state index contributed by atoms with van der Waals surface area (Å²) in [7, 11) is -1.44. The first-order valence-corrected chi connectivity index (χ1v) is 5.05. The largest absolute Gasteiger partial charge is 0.490 e. The van der Waals surface area contributed by atoms with Gasteiger partial charge in [-0.2, -0.15) is 0 Å². The van der Waals surface area contributed by atoms with Crippen molar-refractivity contribution >= 4 is 30.8 Å². The number of pyridine rings is 1. The first-order valence-electron chi connectivity index (χ1n) is 5.05. The molecule has 2 rings (SSSR count). The van der Waals surface area contributed by atoms with Crippen molar-refractivity contribution in [3.8, 4) is 0 Å². The molecule has 1 saturated heterocycles. The number of rotatable bonds is 2. The predicted molar refractivity (Wildman–Crippen MR) is 66.4 cm³/mol. The number of anilines is 1. The lowest BCUT2D eigenvalue weighted by atomic mass is 9.82. The van der Waals surface area contributed by atoms with Crippen LogP contribution >= 0.6 is 12.4 Å². The summed E-state index contributed by atoms with van der Waals surface area (Å²) < 4.78 is 0. The van der Waals surface area contributed by atoms with Gasteiger partial charge in [0, 0.05) is 37.8 Å². The van der Waals surface area contributed by atoms with Gasteiger partial charge in [-0.05, 0) is 6.07 Å². The third-order valence-electron chi connectivity index (χ3n) is 2.51. The number of piperazine rings is 1. The van der Waals surface area contributed by atoms with Crippen molar-refractivity contribution in [3.05, 3.63) is 18.3 Å². The summed E-state index contributed by atoms with van der Waals surface area (Å²) in [6.45, 7) is 3.81. The molecule has 2 heterocycles. The van der Waals surface area contributed by atoms with Gasteiger partial charge in [0.15, 0.2) is 0 Å². The van der Waals surface area contributed by atoms with E-state index in [9.17, 15) is 0 Å². The Bertz CT molecular complexity index is 317. The maximum Gasteiger partial charge on any atom is 0.490 e. The molecule has 3 N–H and O–H groups in total. The van der Waals surface area contributed by atoms with E-state index >= 15 is 0 Å². The highest BCUT2D eigenvalue weighted by atomic mass is 35.5.